The van der Waals surface area contributed by atoms with Crippen LogP contribution in [0.4, 0.5) is 0 Å². The maximum atomic E-state index is 4.09. The first-order valence-corrected chi connectivity index (χ1v) is 5.88. The van der Waals surface area contributed by atoms with Crippen molar-refractivity contribution in [1.82, 2.24) is 10.3 Å². The number of rotatable bonds is 6. The van der Waals surface area contributed by atoms with Gasteiger partial charge in [0.15, 0.2) is 0 Å². The number of nitrogens with zero attached hydrogens (tertiary/aromatic N) is 1. The van der Waals surface area contributed by atoms with Gasteiger partial charge in [0.2, 0.25) is 0 Å². The first-order valence-electron chi connectivity index (χ1n) is 5.88. The summed E-state index contributed by atoms with van der Waals surface area (Å²) in [5.41, 5.74) is 2.63. The second-order valence-electron chi connectivity index (χ2n) is 4.12. The van der Waals surface area contributed by atoms with Crippen LogP contribution in [0, 0.1) is 12.8 Å². The van der Waals surface area contributed by atoms with E-state index in [4.69, 9.17) is 0 Å². The van der Waals surface area contributed by atoms with Crippen LogP contribution >= 0.6 is 0 Å². The van der Waals surface area contributed by atoms with E-state index in [1.807, 2.05) is 12.4 Å². The summed E-state index contributed by atoms with van der Waals surface area (Å²) in [6.07, 6.45) is 6.31. The molecule has 0 radical (unpaired) electrons. The van der Waals surface area contributed by atoms with Crippen molar-refractivity contribution in [3.05, 3.63) is 29.6 Å². The summed E-state index contributed by atoms with van der Waals surface area (Å²) < 4.78 is 0. The van der Waals surface area contributed by atoms with Crippen molar-refractivity contribution in [2.24, 2.45) is 5.92 Å². The predicted octanol–water partition coefficient (Wildman–Crippen LogP) is 2.92. The van der Waals surface area contributed by atoms with Crippen LogP contribution in [0.2, 0.25) is 0 Å². The molecule has 0 bridgehead atoms. The van der Waals surface area contributed by atoms with E-state index in [9.17, 15) is 0 Å². The van der Waals surface area contributed by atoms with Crippen molar-refractivity contribution >= 4 is 0 Å². The van der Waals surface area contributed by atoms with Crippen LogP contribution in [0.15, 0.2) is 18.5 Å². The lowest BCUT2D eigenvalue weighted by molar-refractivity contribution is 0.449. The van der Waals surface area contributed by atoms with Crippen LogP contribution in [0.1, 0.15) is 37.8 Å². The van der Waals surface area contributed by atoms with Gasteiger partial charge in [0.05, 0.1) is 0 Å². The molecule has 0 saturated heterocycles. The van der Waals surface area contributed by atoms with Crippen LogP contribution in [0.5, 0.6) is 0 Å². The molecule has 0 aromatic carbocycles. The van der Waals surface area contributed by atoms with Gasteiger partial charge in [-0.25, -0.2) is 0 Å². The third-order valence-electron chi connectivity index (χ3n) is 3.04. The Labute approximate surface area is 93.1 Å². The minimum Gasteiger partial charge on any atom is -0.312 e. The lowest BCUT2D eigenvalue weighted by Crippen LogP contribution is -2.22. The fourth-order valence-electron chi connectivity index (χ4n) is 1.69. The maximum absolute atomic E-state index is 4.09. The zero-order valence-electron chi connectivity index (χ0n) is 10.1. The van der Waals surface area contributed by atoms with Crippen molar-refractivity contribution in [2.75, 3.05) is 6.54 Å². The fourth-order valence-corrected chi connectivity index (χ4v) is 1.69. The molecule has 1 rings (SSSR count). The first-order chi connectivity index (χ1) is 7.27. The highest BCUT2D eigenvalue weighted by Gasteiger charge is 2.03. The van der Waals surface area contributed by atoms with E-state index in [1.165, 1.54) is 24.0 Å². The molecule has 1 aromatic heterocycles. The summed E-state index contributed by atoms with van der Waals surface area (Å²) in [7, 11) is 0. The van der Waals surface area contributed by atoms with Crippen molar-refractivity contribution in [1.29, 1.82) is 0 Å². The zero-order chi connectivity index (χ0) is 11.1. The van der Waals surface area contributed by atoms with Crippen LogP contribution in [-0.4, -0.2) is 11.5 Å². The predicted molar refractivity (Wildman–Crippen MR) is 64.8 cm³/mol. The second-order valence-corrected chi connectivity index (χ2v) is 4.12. The molecule has 84 valence electrons. The SMILES string of the molecule is CCC(CC)CNCc1ccncc1C. The highest BCUT2D eigenvalue weighted by atomic mass is 14.9. The minimum atomic E-state index is 0.812. The van der Waals surface area contributed by atoms with Crippen molar-refractivity contribution in [3.8, 4) is 0 Å². The average Bonchev–Trinajstić information content (AvgIpc) is 2.27. The Morgan fingerprint density at radius 1 is 1.33 bits per heavy atom. The standard InChI is InChI=1S/C13H22N2/c1-4-12(5-2)9-15-10-13-6-7-14-8-11(13)3/h6-8,12,15H,4-5,9-10H2,1-3H3. The number of nitrogens with one attached hydrogen (secondary N) is 1. The van der Waals surface area contributed by atoms with Crippen LogP contribution in [-0.2, 0) is 6.54 Å². The summed E-state index contributed by atoms with van der Waals surface area (Å²) in [5, 5.41) is 3.52. The van der Waals surface area contributed by atoms with Gasteiger partial charge < -0.3 is 5.32 Å². The normalized spacial score (nSPS) is 10.9. The maximum Gasteiger partial charge on any atom is 0.0300 e. The Morgan fingerprint density at radius 2 is 2.07 bits per heavy atom. The Kier molecular flexibility index (Phi) is 5.33. The average molecular weight is 206 g/mol. The molecule has 0 aliphatic rings. The molecule has 2 heteroatoms. The van der Waals surface area contributed by atoms with Crippen LogP contribution in [0.3, 0.4) is 0 Å². The van der Waals surface area contributed by atoms with E-state index in [-0.39, 0.29) is 0 Å². The van der Waals surface area contributed by atoms with Gasteiger partial charge in [0, 0.05) is 18.9 Å². The van der Waals surface area contributed by atoms with Gasteiger partial charge in [-0.3, -0.25) is 4.98 Å². The molecule has 0 aliphatic heterocycles. The summed E-state index contributed by atoms with van der Waals surface area (Å²) in [6, 6.07) is 2.09. The fraction of sp³-hybridized carbons (Fsp3) is 0.615. The van der Waals surface area contributed by atoms with Gasteiger partial charge in [0.1, 0.15) is 0 Å². The molecule has 1 N–H and O–H groups in total. The quantitative estimate of drug-likeness (QED) is 0.774. The largest absolute Gasteiger partial charge is 0.312 e. The molecule has 2 nitrogen and oxygen atoms in total. The summed E-state index contributed by atoms with van der Waals surface area (Å²) in [4.78, 5) is 4.09. The second kappa shape index (κ2) is 6.57. The Hall–Kier alpha value is -0.890. The Balaban J connectivity index is 2.34. The summed E-state index contributed by atoms with van der Waals surface area (Å²) in [6.45, 7) is 8.71. The third-order valence-corrected chi connectivity index (χ3v) is 3.04. The number of hydrogen-bond donors (Lipinski definition) is 1. The summed E-state index contributed by atoms with van der Waals surface area (Å²) >= 11 is 0. The highest BCUT2D eigenvalue weighted by molar-refractivity contribution is 5.21. The zero-order valence-corrected chi connectivity index (χ0v) is 10.1. The lowest BCUT2D eigenvalue weighted by atomic mass is 10.0. The number of hydrogen-bond acceptors (Lipinski definition) is 2. The molecule has 0 aliphatic carbocycles. The van der Waals surface area contributed by atoms with Gasteiger partial charge in [-0.2, -0.15) is 0 Å². The number of pyridine rings is 1. The van der Waals surface area contributed by atoms with Gasteiger partial charge in [0.25, 0.3) is 0 Å². The van der Waals surface area contributed by atoms with E-state index in [0.29, 0.717) is 0 Å². The minimum absolute atomic E-state index is 0.812. The molecule has 0 saturated carbocycles. The molecule has 0 amide bonds. The first kappa shape index (κ1) is 12.2. The van der Waals surface area contributed by atoms with Gasteiger partial charge in [-0.1, -0.05) is 26.7 Å². The van der Waals surface area contributed by atoms with Crippen molar-refractivity contribution in [2.45, 2.75) is 40.2 Å². The third kappa shape index (κ3) is 4.00. The molecule has 15 heavy (non-hydrogen) atoms. The smallest absolute Gasteiger partial charge is 0.0300 e. The lowest BCUT2D eigenvalue weighted by Gasteiger charge is -2.13. The number of aryl methyl sites for hydroxylation is 1. The molecule has 1 heterocycles. The van der Waals surface area contributed by atoms with Crippen LogP contribution < -0.4 is 5.32 Å². The molecule has 0 fully saturated rings. The molecular weight excluding hydrogens is 184 g/mol. The van der Waals surface area contributed by atoms with Gasteiger partial charge >= 0.3 is 0 Å². The van der Waals surface area contributed by atoms with E-state index in [2.05, 4.69) is 37.1 Å². The number of aromatic nitrogens is 1. The molecule has 0 unspecified atom stereocenters. The van der Waals surface area contributed by atoms with Crippen molar-refractivity contribution < 1.29 is 0 Å². The monoisotopic (exact) mass is 206 g/mol. The van der Waals surface area contributed by atoms with E-state index >= 15 is 0 Å². The Bertz CT molecular complexity index is 280. The van der Waals surface area contributed by atoms with Crippen molar-refractivity contribution in [3.63, 3.8) is 0 Å². The summed E-state index contributed by atoms with van der Waals surface area (Å²) in [5.74, 6) is 0.812. The van der Waals surface area contributed by atoms with Crippen LogP contribution in [0.25, 0.3) is 0 Å². The van der Waals surface area contributed by atoms with E-state index in [1.54, 1.807) is 0 Å². The molecule has 0 spiro atoms. The topological polar surface area (TPSA) is 24.9 Å². The molecule has 1 aromatic rings. The molecule has 0 atom stereocenters. The van der Waals surface area contributed by atoms with E-state index in [0.717, 1.165) is 19.0 Å². The van der Waals surface area contributed by atoms with Gasteiger partial charge in [-0.05, 0) is 36.6 Å². The molecular formula is C13H22N2. The Morgan fingerprint density at radius 3 is 2.67 bits per heavy atom. The highest BCUT2D eigenvalue weighted by Crippen LogP contribution is 2.07. The van der Waals surface area contributed by atoms with Gasteiger partial charge in [-0.15, -0.1) is 0 Å². The van der Waals surface area contributed by atoms with E-state index < -0.39 is 0 Å².